The van der Waals surface area contributed by atoms with Crippen LogP contribution in [0.2, 0.25) is 0 Å². The van der Waals surface area contributed by atoms with Gasteiger partial charge in [0.1, 0.15) is 5.54 Å². The van der Waals surface area contributed by atoms with E-state index in [0.29, 0.717) is 32.5 Å². The summed E-state index contributed by atoms with van der Waals surface area (Å²) in [5.41, 5.74) is -0.675. The highest BCUT2D eigenvalue weighted by Crippen LogP contribution is 2.19. The fourth-order valence-electron chi connectivity index (χ4n) is 1.34. The van der Waals surface area contributed by atoms with Gasteiger partial charge in [0.2, 0.25) is 5.91 Å². The summed E-state index contributed by atoms with van der Waals surface area (Å²) < 4.78 is 5.14. The quantitative estimate of drug-likeness (QED) is 0.679. The van der Waals surface area contributed by atoms with Gasteiger partial charge in [-0.2, -0.15) is 5.26 Å². The topological polar surface area (TPSA) is 62.1 Å². The molecule has 13 heavy (non-hydrogen) atoms. The molecule has 0 atom stereocenters. The van der Waals surface area contributed by atoms with Crippen molar-refractivity contribution in [3.63, 3.8) is 0 Å². The van der Waals surface area contributed by atoms with Crippen molar-refractivity contribution in [3.8, 4) is 6.07 Å². The molecule has 0 saturated carbocycles. The molecule has 0 spiro atoms. The lowest BCUT2D eigenvalue weighted by atomic mass is 9.91. The highest BCUT2D eigenvalue weighted by Gasteiger charge is 2.33. The average Bonchev–Trinajstić information content (AvgIpc) is 2.19. The molecule has 1 aliphatic rings. The van der Waals surface area contributed by atoms with Gasteiger partial charge in [0.25, 0.3) is 0 Å². The zero-order valence-corrected chi connectivity index (χ0v) is 7.80. The van der Waals surface area contributed by atoms with Crippen LogP contribution in [0.3, 0.4) is 0 Å². The molecule has 1 N–H and O–H groups in total. The average molecular weight is 182 g/mol. The van der Waals surface area contributed by atoms with Gasteiger partial charge in [-0.15, -0.1) is 0 Å². The summed E-state index contributed by atoms with van der Waals surface area (Å²) in [5.74, 6) is -0.0662. The lowest BCUT2D eigenvalue weighted by Gasteiger charge is -2.31. The van der Waals surface area contributed by atoms with Gasteiger partial charge < -0.3 is 10.1 Å². The van der Waals surface area contributed by atoms with E-state index in [2.05, 4.69) is 11.4 Å². The summed E-state index contributed by atoms with van der Waals surface area (Å²) >= 11 is 0. The molecule has 0 aliphatic carbocycles. The van der Waals surface area contributed by atoms with E-state index < -0.39 is 5.54 Å². The number of hydrogen-bond donors (Lipinski definition) is 1. The molecule has 1 rings (SSSR count). The van der Waals surface area contributed by atoms with E-state index in [1.54, 1.807) is 6.92 Å². The van der Waals surface area contributed by atoms with Crippen molar-refractivity contribution in [2.75, 3.05) is 13.2 Å². The van der Waals surface area contributed by atoms with E-state index in [9.17, 15) is 4.79 Å². The molecule has 0 aromatic rings. The van der Waals surface area contributed by atoms with Gasteiger partial charge >= 0.3 is 0 Å². The van der Waals surface area contributed by atoms with Crippen molar-refractivity contribution in [3.05, 3.63) is 0 Å². The molecule has 1 heterocycles. The maximum atomic E-state index is 11.1. The van der Waals surface area contributed by atoms with E-state index >= 15 is 0 Å². The van der Waals surface area contributed by atoms with Crippen molar-refractivity contribution in [1.29, 1.82) is 5.26 Å². The summed E-state index contributed by atoms with van der Waals surface area (Å²) in [7, 11) is 0. The Bertz CT molecular complexity index is 226. The first-order chi connectivity index (χ1) is 6.22. The Balaban J connectivity index is 2.59. The lowest BCUT2D eigenvalue weighted by molar-refractivity contribution is -0.123. The minimum absolute atomic E-state index is 0.0662. The maximum absolute atomic E-state index is 11.1. The van der Waals surface area contributed by atoms with Gasteiger partial charge in [0.15, 0.2) is 0 Å². The van der Waals surface area contributed by atoms with Gasteiger partial charge in [-0.1, -0.05) is 6.92 Å². The Hall–Kier alpha value is -1.08. The number of rotatable bonds is 2. The van der Waals surface area contributed by atoms with Gasteiger partial charge in [0, 0.05) is 32.5 Å². The molecule has 0 aromatic carbocycles. The van der Waals surface area contributed by atoms with E-state index in [0.717, 1.165) is 0 Å². The van der Waals surface area contributed by atoms with Crippen LogP contribution in [0.5, 0.6) is 0 Å². The number of carbonyl (C=O) groups excluding carboxylic acids is 1. The Kier molecular flexibility index (Phi) is 3.26. The third kappa shape index (κ3) is 2.43. The number of nitriles is 1. The lowest BCUT2D eigenvalue weighted by Crippen LogP contribution is -2.50. The SMILES string of the molecule is CCC(=O)NC1(C#N)CCOCC1. The van der Waals surface area contributed by atoms with Crippen LogP contribution in [0.1, 0.15) is 26.2 Å². The molecular formula is C9H14N2O2. The number of ether oxygens (including phenoxy) is 1. The molecular weight excluding hydrogens is 168 g/mol. The van der Waals surface area contributed by atoms with Crippen LogP contribution in [-0.2, 0) is 9.53 Å². The third-order valence-electron chi connectivity index (χ3n) is 2.26. The molecule has 4 nitrogen and oxygen atoms in total. The first kappa shape index (κ1) is 10.0. The summed E-state index contributed by atoms with van der Waals surface area (Å²) in [4.78, 5) is 11.1. The molecule has 0 bridgehead atoms. The Morgan fingerprint density at radius 3 is 2.69 bits per heavy atom. The summed E-state index contributed by atoms with van der Waals surface area (Å²) in [6, 6.07) is 2.17. The van der Waals surface area contributed by atoms with Crippen molar-refractivity contribution >= 4 is 5.91 Å². The van der Waals surface area contributed by atoms with E-state index in [1.165, 1.54) is 0 Å². The molecule has 72 valence electrons. The molecule has 4 heteroatoms. The van der Waals surface area contributed by atoms with Crippen LogP contribution < -0.4 is 5.32 Å². The zero-order valence-electron chi connectivity index (χ0n) is 7.80. The van der Waals surface area contributed by atoms with Crippen molar-refractivity contribution in [1.82, 2.24) is 5.32 Å². The third-order valence-corrected chi connectivity index (χ3v) is 2.26. The second-order valence-electron chi connectivity index (χ2n) is 3.21. The molecule has 1 saturated heterocycles. The van der Waals surface area contributed by atoms with Gasteiger partial charge in [0.05, 0.1) is 6.07 Å². The standard InChI is InChI=1S/C9H14N2O2/c1-2-8(12)11-9(7-10)3-5-13-6-4-9/h2-6H2,1H3,(H,11,12). The number of hydrogen-bond acceptors (Lipinski definition) is 3. The Morgan fingerprint density at radius 1 is 1.62 bits per heavy atom. The number of nitrogens with one attached hydrogen (secondary N) is 1. The highest BCUT2D eigenvalue weighted by molar-refractivity contribution is 5.76. The van der Waals surface area contributed by atoms with Crippen LogP contribution in [0.4, 0.5) is 0 Å². The molecule has 1 aliphatic heterocycles. The second-order valence-corrected chi connectivity index (χ2v) is 3.21. The molecule has 0 radical (unpaired) electrons. The number of carbonyl (C=O) groups is 1. The van der Waals surface area contributed by atoms with Crippen LogP contribution in [-0.4, -0.2) is 24.7 Å². The molecule has 0 aromatic heterocycles. The first-order valence-corrected chi connectivity index (χ1v) is 4.52. The minimum atomic E-state index is -0.675. The Morgan fingerprint density at radius 2 is 2.23 bits per heavy atom. The van der Waals surface area contributed by atoms with Crippen molar-refractivity contribution in [2.45, 2.75) is 31.7 Å². The van der Waals surface area contributed by atoms with E-state index in [-0.39, 0.29) is 5.91 Å². The summed E-state index contributed by atoms with van der Waals surface area (Å²) in [6.07, 6.45) is 1.61. The van der Waals surface area contributed by atoms with Crippen LogP contribution in [0.15, 0.2) is 0 Å². The van der Waals surface area contributed by atoms with E-state index in [4.69, 9.17) is 10.00 Å². The number of nitrogens with zero attached hydrogens (tertiary/aromatic N) is 1. The fourth-order valence-corrected chi connectivity index (χ4v) is 1.34. The predicted molar refractivity (Wildman–Crippen MR) is 46.8 cm³/mol. The normalized spacial score (nSPS) is 20.3. The smallest absolute Gasteiger partial charge is 0.220 e. The van der Waals surface area contributed by atoms with Crippen molar-refractivity contribution < 1.29 is 9.53 Å². The molecule has 1 amide bonds. The largest absolute Gasteiger partial charge is 0.381 e. The summed E-state index contributed by atoms with van der Waals surface area (Å²) in [5, 5.41) is 11.7. The fraction of sp³-hybridized carbons (Fsp3) is 0.778. The molecule has 0 unspecified atom stereocenters. The second kappa shape index (κ2) is 4.24. The van der Waals surface area contributed by atoms with Crippen LogP contribution >= 0.6 is 0 Å². The van der Waals surface area contributed by atoms with E-state index in [1.807, 2.05) is 0 Å². The number of amides is 1. The molecule has 1 fully saturated rings. The first-order valence-electron chi connectivity index (χ1n) is 4.52. The van der Waals surface area contributed by atoms with Gasteiger partial charge in [-0.05, 0) is 0 Å². The Labute approximate surface area is 77.9 Å². The van der Waals surface area contributed by atoms with Crippen molar-refractivity contribution in [2.24, 2.45) is 0 Å². The van der Waals surface area contributed by atoms with Crippen LogP contribution in [0.25, 0.3) is 0 Å². The summed E-state index contributed by atoms with van der Waals surface area (Å²) in [6.45, 7) is 2.88. The van der Waals surface area contributed by atoms with Crippen LogP contribution in [0, 0.1) is 11.3 Å². The monoisotopic (exact) mass is 182 g/mol. The minimum Gasteiger partial charge on any atom is -0.381 e. The predicted octanol–water partition coefficient (Wildman–Crippen LogP) is 0.585. The van der Waals surface area contributed by atoms with Gasteiger partial charge in [-0.3, -0.25) is 4.79 Å². The highest BCUT2D eigenvalue weighted by atomic mass is 16.5. The van der Waals surface area contributed by atoms with Gasteiger partial charge in [-0.25, -0.2) is 0 Å². The maximum Gasteiger partial charge on any atom is 0.220 e. The zero-order chi connectivity index (χ0) is 9.73.